The van der Waals surface area contributed by atoms with E-state index in [4.69, 9.17) is 11.6 Å². The van der Waals surface area contributed by atoms with Gasteiger partial charge in [0.05, 0.1) is 22.5 Å². The minimum Gasteiger partial charge on any atom is -0.406 e. The van der Waals surface area contributed by atoms with Crippen LogP contribution in [0, 0.1) is 5.82 Å². The molecule has 164 valence electrons. The van der Waals surface area contributed by atoms with Crippen molar-refractivity contribution in [3.8, 4) is 11.4 Å². The third kappa shape index (κ3) is 5.14. The van der Waals surface area contributed by atoms with Gasteiger partial charge in [-0.15, -0.1) is 0 Å². The SMILES string of the molecule is CS(=O)(=O)c1ccc(F)c(NC(=O)Oc2cnn(-c3ccc(Cl)cc3)c2C(F)(F)F)c1. The molecule has 0 saturated heterocycles. The van der Waals surface area contributed by atoms with Crippen LogP contribution < -0.4 is 10.1 Å². The lowest BCUT2D eigenvalue weighted by Gasteiger charge is -2.13. The number of halogens is 5. The number of nitrogens with one attached hydrogen (secondary N) is 1. The zero-order valence-corrected chi connectivity index (χ0v) is 17.0. The topological polar surface area (TPSA) is 90.3 Å². The molecule has 0 aliphatic carbocycles. The number of amides is 1. The number of carbonyl (C=O) groups is 1. The number of nitrogens with zero attached hydrogens (tertiary/aromatic N) is 2. The number of hydrogen-bond donors (Lipinski definition) is 1. The van der Waals surface area contributed by atoms with Gasteiger partial charge < -0.3 is 4.74 Å². The molecule has 0 atom stereocenters. The predicted molar refractivity (Wildman–Crippen MR) is 103 cm³/mol. The van der Waals surface area contributed by atoms with Crippen LogP contribution in [-0.2, 0) is 16.0 Å². The smallest absolute Gasteiger partial charge is 0.406 e. The van der Waals surface area contributed by atoms with Crippen LogP contribution in [0.15, 0.2) is 53.6 Å². The molecular formula is C18H12ClF4N3O4S. The summed E-state index contributed by atoms with van der Waals surface area (Å²) in [6.45, 7) is 0. The molecule has 3 rings (SSSR count). The summed E-state index contributed by atoms with van der Waals surface area (Å²) in [5, 5.41) is 5.78. The average Bonchev–Trinajstić information content (AvgIpc) is 3.07. The van der Waals surface area contributed by atoms with Gasteiger partial charge >= 0.3 is 12.3 Å². The van der Waals surface area contributed by atoms with Crippen LogP contribution in [0.5, 0.6) is 5.75 Å². The number of benzene rings is 2. The van der Waals surface area contributed by atoms with E-state index in [1.165, 1.54) is 24.3 Å². The number of ether oxygens (including phenoxy) is 1. The van der Waals surface area contributed by atoms with Crippen molar-refractivity contribution in [3.63, 3.8) is 0 Å². The number of alkyl halides is 3. The maximum Gasteiger partial charge on any atom is 0.437 e. The largest absolute Gasteiger partial charge is 0.437 e. The van der Waals surface area contributed by atoms with Gasteiger partial charge in [0.1, 0.15) is 5.82 Å². The van der Waals surface area contributed by atoms with Gasteiger partial charge in [-0.05, 0) is 42.5 Å². The second-order valence-electron chi connectivity index (χ2n) is 6.17. The monoisotopic (exact) mass is 477 g/mol. The molecule has 31 heavy (non-hydrogen) atoms. The second-order valence-corrected chi connectivity index (χ2v) is 8.62. The molecule has 0 saturated carbocycles. The molecule has 0 bridgehead atoms. The number of carbonyl (C=O) groups excluding carboxylic acids is 1. The van der Waals surface area contributed by atoms with Crippen molar-refractivity contribution in [2.24, 2.45) is 0 Å². The van der Waals surface area contributed by atoms with E-state index < -0.39 is 45.1 Å². The van der Waals surface area contributed by atoms with Crippen LogP contribution in [0.25, 0.3) is 5.69 Å². The zero-order valence-electron chi connectivity index (χ0n) is 15.4. The first kappa shape index (κ1) is 22.6. The van der Waals surface area contributed by atoms with Crippen LogP contribution in [0.3, 0.4) is 0 Å². The van der Waals surface area contributed by atoms with E-state index in [-0.39, 0.29) is 10.6 Å². The maximum absolute atomic E-state index is 13.9. The highest BCUT2D eigenvalue weighted by atomic mass is 35.5. The molecular weight excluding hydrogens is 466 g/mol. The summed E-state index contributed by atoms with van der Waals surface area (Å²) >= 11 is 5.73. The Bertz CT molecular complexity index is 1240. The number of anilines is 1. The number of sulfone groups is 1. The fraction of sp³-hybridized carbons (Fsp3) is 0.111. The van der Waals surface area contributed by atoms with Crippen LogP contribution >= 0.6 is 11.6 Å². The van der Waals surface area contributed by atoms with Crippen molar-refractivity contribution >= 4 is 33.2 Å². The molecule has 1 heterocycles. The van der Waals surface area contributed by atoms with E-state index in [0.29, 0.717) is 15.9 Å². The Morgan fingerprint density at radius 3 is 2.39 bits per heavy atom. The van der Waals surface area contributed by atoms with Gasteiger partial charge in [-0.25, -0.2) is 22.3 Å². The highest BCUT2D eigenvalue weighted by Crippen LogP contribution is 2.38. The Morgan fingerprint density at radius 1 is 1.16 bits per heavy atom. The summed E-state index contributed by atoms with van der Waals surface area (Å²) in [4.78, 5) is 11.8. The maximum atomic E-state index is 13.9. The molecule has 13 heteroatoms. The van der Waals surface area contributed by atoms with Gasteiger partial charge in [-0.2, -0.15) is 18.3 Å². The number of hydrogen-bond acceptors (Lipinski definition) is 5. The van der Waals surface area contributed by atoms with Gasteiger partial charge in [0.2, 0.25) is 0 Å². The minimum atomic E-state index is -4.97. The Kier molecular flexibility index (Phi) is 5.96. The third-order valence-corrected chi connectivity index (χ3v) is 5.24. The Morgan fingerprint density at radius 2 is 1.81 bits per heavy atom. The lowest BCUT2D eigenvalue weighted by atomic mass is 10.3. The van der Waals surface area contributed by atoms with Crippen LogP contribution in [-0.4, -0.2) is 30.5 Å². The molecule has 1 N–H and O–H groups in total. The molecule has 0 unspecified atom stereocenters. The molecule has 0 aliphatic rings. The summed E-state index contributed by atoms with van der Waals surface area (Å²) < 4.78 is 83.1. The Labute approximate surface area is 178 Å². The second kappa shape index (κ2) is 8.19. The lowest BCUT2D eigenvalue weighted by molar-refractivity contribution is -0.143. The van der Waals surface area contributed by atoms with Crippen molar-refractivity contribution in [3.05, 3.63) is 65.2 Å². The fourth-order valence-corrected chi connectivity index (χ4v) is 3.29. The first-order chi connectivity index (χ1) is 14.4. The third-order valence-electron chi connectivity index (χ3n) is 3.88. The Balaban J connectivity index is 1.91. The molecule has 0 spiro atoms. The average molecular weight is 478 g/mol. The molecule has 3 aromatic rings. The van der Waals surface area contributed by atoms with Gasteiger partial charge in [0.25, 0.3) is 0 Å². The van der Waals surface area contributed by atoms with Gasteiger partial charge in [-0.1, -0.05) is 11.6 Å². The lowest BCUT2D eigenvalue weighted by Crippen LogP contribution is -2.21. The molecule has 1 aromatic heterocycles. The normalized spacial score (nSPS) is 11.9. The van der Waals surface area contributed by atoms with Crippen molar-refractivity contribution in [1.82, 2.24) is 9.78 Å². The van der Waals surface area contributed by atoms with E-state index in [1.54, 1.807) is 0 Å². The standard InChI is InChI=1S/C18H12ClF4N3O4S/c1-31(28,29)12-6-7-13(20)14(8-12)25-17(27)30-15-9-24-26(16(15)18(21,22)23)11-4-2-10(19)3-5-11/h2-9H,1H3,(H,25,27). The summed E-state index contributed by atoms with van der Waals surface area (Å²) in [7, 11) is -3.72. The van der Waals surface area contributed by atoms with Crippen molar-refractivity contribution in [2.75, 3.05) is 11.6 Å². The molecule has 0 fully saturated rings. The molecule has 0 radical (unpaired) electrons. The summed E-state index contributed by atoms with van der Waals surface area (Å²) in [6.07, 6.45) is -4.91. The van der Waals surface area contributed by atoms with Gasteiger partial charge in [0, 0.05) is 11.3 Å². The number of aromatic nitrogens is 2. The van der Waals surface area contributed by atoms with Crippen LogP contribution in [0.2, 0.25) is 5.02 Å². The van der Waals surface area contributed by atoms with E-state index in [9.17, 15) is 30.8 Å². The summed E-state index contributed by atoms with van der Waals surface area (Å²) in [5.74, 6) is -1.96. The van der Waals surface area contributed by atoms with E-state index >= 15 is 0 Å². The van der Waals surface area contributed by atoms with Gasteiger partial charge in [0.15, 0.2) is 21.3 Å². The van der Waals surface area contributed by atoms with Crippen molar-refractivity contribution in [1.29, 1.82) is 0 Å². The van der Waals surface area contributed by atoms with E-state index in [0.717, 1.165) is 24.5 Å². The van der Waals surface area contributed by atoms with Crippen LogP contribution in [0.4, 0.5) is 28.0 Å². The highest BCUT2D eigenvalue weighted by molar-refractivity contribution is 7.90. The quantitative estimate of drug-likeness (QED) is 0.434. The van der Waals surface area contributed by atoms with Gasteiger partial charge in [-0.3, -0.25) is 5.32 Å². The zero-order chi connectivity index (χ0) is 23.0. The first-order valence-electron chi connectivity index (χ1n) is 8.26. The predicted octanol–water partition coefficient (Wildman–Crippen LogP) is 4.70. The van der Waals surface area contributed by atoms with E-state index in [2.05, 4.69) is 9.84 Å². The number of rotatable bonds is 4. The van der Waals surface area contributed by atoms with Crippen molar-refractivity contribution < 1.29 is 35.5 Å². The highest BCUT2D eigenvalue weighted by Gasteiger charge is 2.40. The molecule has 0 aliphatic heterocycles. The minimum absolute atomic E-state index is 0.00104. The summed E-state index contributed by atoms with van der Waals surface area (Å²) in [5.41, 5.74) is -1.99. The molecule has 1 amide bonds. The molecule has 2 aromatic carbocycles. The van der Waals surface area contributed by atoms with Crippen molar-refractivity contribution in [2.45, 2.75) is 11.1 Å². The summed E-state index contributed by atoms with van der Waals surface area (Å²) in [6, 6.07) is 7.83. The Hall–Kier alpha value is -3.12. The fourth-order valence-electron chi connectivity index (χ4n) is 2.51. The first-order valence-corrected chi connectivity index (χ1v) is 10.5. The van der Waals surface area contributed by atoms with E-state index in [1.807, 2.05) is 5.32 Å². The van der Waals surface area contributed by atoms with Crippen LogP contribution in [0.1, 0.15) is 5.69 Å². The molecule has 7 nitrogen and oxygen atoms in total.